The fourth-order valence-electron chi connectivity index (χ4n) is 2.89. The zero-order valence-electron chi connectivity index (χ0n) is 14.3. The zero-order chi connectivity index (χ0) is 15.7. The Kier molecular flexibility index (Phi) is 7.28. The third kappa shape index (κ3) is 4.49. The summed E-state index contributed by atoms with van der Waals surface area (Å²) in [5, 5.41) is 0. The highest BCUT2D eigenvalue weighted by molar-refractivity contribution is 5.26. The Morgan fingerprint density at radius 1 is 1.29 bits per heavy atom. The molecule has 0 aromatic rings. The lowest BCUT2D eigenvalue weighted by atomic mass is 9.82. The molecule has 0 saturated heterocycles. The molecule has 1 aliphatic heterocycles. The van der Waals surface area contributed by atoms with Gasteiger partial charge in [0, 0.05) is 18.7 Å². The Morgan fingerprint density at radius 3 is 2.67 bits per heavy atom. The molecule has 1 heteroatoms. The summed E-state index contributed by atoms with van der Waals surface area (Å²) >= 11 is 0. The van der Waals surface area contributed by atoms with E-state index in [2.05, 4.69) is 87.3 Å². The highest BCUT2D eigenvalue weighted by Crippen LogP contribution is 2.34. The SMILES string of the molecule is CC=CC(C)(C(C)CC)N1CC=CC=C1C/C=C\C=C/C. The predicted octanol–water partition coefficient (Wildman–Crippen LogP) is 5.65. The molecule has 0 bridgehead atoms. The van der Waals surface area contributed by atoms with Crippen LogP contribution in [0.3, 0.4) is 0 Å². The van der Waals surface area contributed by atoms with Gasteiger partial charge < -0.3 is 4.90 Å². The number of hydrogen-bond acceptors (Lipinski definition) is 1. The Labute approximate surface area is 131 Å². The molecule has 1 heterocycles. The first-order valence-electron chi connectivity index (χ1n) is 8.15. The Bertz CT molecular complexity index is 450. The number of nitrogens with zero attached hydrogens (tertiary/aromatic N) is 1. The van der Waals surface area contributed by atoms with Gasteiger partial charge in [-0.15, -0.1) is 0 Å². The molecular formula is C20H31N. The lowest BCUT2D eigenvalue weighted by Crippen LogP contribution is -2.49. The quantitative estimate of drug-likeness (QED) is 0.432. The van der Waals surface area contributed by atoms with E-state index in [0.29, 0.717) is 5.92 Å². The minimum absolute atomic E-state index is 0.0779. The fraction of sp³-hybridized carbons (Fsp3) is 0.500. The van der Waals surface area contributed by atoms with Crippen LogP contribution in [0.1, 0.15) is 47.5 Å². The Balaban J connectivity index is 3.00. The van der Waals surface area contributed by atoms with Crippen LogP contribution >= 0.6 is 0 Å². The Morgan fingerprint density at radius 2 is 2.05 bits per heavy atom. The van der Waals surface area contributed by atoms with E-state index < -0.39 is 0 Å². The van der Waals surface area contributed by atoms with E-state index in [9.17, 15) is 0 Å². The van der Waals surface area contributed by atoms with Crippen molar-refractivity contribution in [1.82, 2.24) is 4.90 Å². The molecule has 21 heavy (non-hydrogen) atoms. The average molecular weight is 285 g/mol. The van der Waals surface area contributed by atoms with Gasteiger partial charge in [-0.25, -0.2) is 0 Å². The van der Waals surface area contributed by atoms with Gasteiger partial charge in [0.15, 0.2) is 0 Å². The van der Waals surface area contributed by atoms with Crippen molar-refractivity contribution in [2.24, 2.45) is 5.92 Å². The van der Waals surface area contributed by atoms with Crippen LogP contribution < -0.4 is 0 Å². The van der Waals surface area contributed by atoms with Gasteiger partial charge in [0.2, 0.25) is 0 Å². The second kappa shape index (κ2) is 8.71. The van der Waals surface area contributed by atoms with Crippen molar-refractivity contribution in [2.75, 3.05) is 6.54 Å². The molecule has 0 radical (unpaired) electrons. The van der Waals surface area contributed by atoms with Crippen molar-refractivity contribution >= 4 is 0 Å². The molecule has 0 saturated carbocycles. The number of allylic oxidation sites excluding steroid dienone is 7. The van der Waals surface area contributed by atoms with Crippen LogP contribution in [0.15, 0.2) is 60.4 Å². The second-order valence-electron chi connectivity index (χ2n) is 5.89. The molecule has 0 aliphatic carbocycles. The molecule has 2 atom stereocenters. The topological polar surface area (TPSA) is 3.24 Å². The molecule has 2 unspecified atom stereocenters. The normalized spacial score (nSPS) is 20.4. The molecule has 1 nitrogen and oxygen atoms in total. The van der Waals surface area contributed by atoms with E-state index in [4.69, 9.17) is 0 Å². The molecular weight excluding hydrogens is 254 g/mol. The van der Waals surface area contributed by atoms with Crippen LogP contribution in [0.4, 0.5) is 0 Å². The monoisotopic (exact) mass is 285 g/mol. The van der Waals surface area contributed by atoms with Gasteiger partial charge >= 0.3 is 0 Å². The van der Waals surface area contributed by atoms with Crippen molar-refractivity contribution in [3.63, 3.8) is 0 Å². The molecule has 0 aromatic heterocycles. The standard InChI is InChI=1S/C20H31N/c1-6-9-10-11-14-19-15-12-13-17-21(19)20(5,16-7-2)18(4)8-3/h6-7,9-13,15-16,18H,8,14,17H2,1-5H3/b9-6-,11-10-,16-7?. The second-order valence-corrected chi connectivity index (χ2v) is 5.89. The molecule has 0 amide bonds. The van der Waals surface area contributed by atoms with Crippen LogP contribution in [0, 0.1) is 5.92 Å². The first-order chi connectivity index (χ1) is 10.1. The summed E-state index contributed by atoms with van der Waals surface area (Å²) in [6, 6.07) is 0. The summed E-state index contributed by atoms with van der Waals surface area (Å²) in [6.07, 6.45) is 21.9. The van der Waals surface area contributed by atoms with Crippen LogP contribution in [-0.4, -0.2) is 17.0 Å². The van der Waals surface area contributed by atoms with Gasteiger partial charge in [0.1, 0.15) is 0 Å². The van der Waals surface area contributed by atoms with Crippen LogP contribution in [0.25, 0.3) is 0 Å². The summed E-state index contributed by atoms with van der Waals surface area (Å²) in [4.78, 5) is 2.56. The first-order valence-corrected chi connectivity index (χ1v) is 8.15. The van der Waals surface area contributed by atoms with E-state index in [1.165, 1.54) is 12.1 Å². The van der Waals surface area contributed by atoms with Crippen molar-refractivity contribution in [3.05, 3.63) is 60.4 Å². The van der Waals surface area contributed by atoms with Crippen molar-refractivity contribution in [3.8, 4) is 0 Å². The van der Waals surface area contributed by atoms with Gasteiger partial charge in [-0.3, -0.25) is 0 Å². The van der Waals surface area contributed by atoms with E-state index in [0.717, 1.165) is 13.0 Å². The van der Waals surface area contributed by atoms with E-state index >= 15 is 0 Å². The Hall–Kier alpha value is -1.50. The third-order valence-corrected chi connectivity index (χ3v) is 4.52. The van der Waals surface area contributed by atoms with Gasteiger partial charge in [-0.05, 0) is 32.8 Å². The minimum atomic E-state index is 0.0779. The van der Waals surface area contributed by atoms with Crippen molar-refractivity contribution in [1.29, 1.82) is 0 Å². The zero-order valence-corrected chi connectivity index (χ0v) is 14.3. The maximum Gasteiger partial charge on any atom is 0.0582 e. The lowest BCUT2D eigenvalue weighted by molar-refractivity contribution is 0.140. The summed E-state index contributed by atoms with van der Waals surface area (Å²) in [7, 11) is 0. The van der Waals surface area contributed by atoms with E-state index in [-0.39, 0.29) is 5.54 Å². The van der Waals surface area contributed by atoms with Gasteiger partial charge in [0.05, 0.1) is 5.54 Å². The summed E-state index contributed by atoms with van der Waals surface area (Å²) in [6.45, 7) is 12.2. The molecule has 0 spiro atoms. The third-order valence-electron chi connectivity index (χ3n) is 4.52. The maximum atomic E-state index is 2.56. The van der Waals surface area contributed by atoms with Gasteiger partial charge in [-0.2, -0.15) is 0 Å². The van der Waals surface area contributed by atoms with Crippen molar-refractivity contribution in [2.45, 2.75) is 53.0 Å². The smallest absolute Gasteiger partial charge is 0.0582 e. The maximum absolute atomic E-state index is 2.56. The number of hydrogen-bond donors (Lipinski definition) is 0. The summed E-state index contributed by atoms with van der Waals surface area (Å²) in [5.41, 5.74) is 1.48. The van der Waals surface area contributed by atoms with Crippen LogP contribution in [0.5, 0.6) is 0 Å². The average Bonchev–Trinajstić information content (AvgIpc) is 2.51. The largest absolute Gasteiger partial charge is 0.362 e. The first kappa shape index (κ1) is 17.6. The molecule has 0 N–H and O–H groups in total. The van der Waals surface area contributed by atoms with Crippen LogP contribution in [-0.2, 0) is 0 Å². The number of rotatable bonds is 7. The molecule has 0 aromatic carbocycles. The summed E-state index contributed by atoms with van der Waals surface area (Å²) < 4.78 is 0. The van der Waals surface area contributed by atoms with E-state index in [1.807, 2.05) is 6.92 Å². The van der Waals surface area contributed by atoms with Crippen molar-refractivity contribution < 1.29 is 0 Å². The molecule has 1 aliphatic rings. The predicted molar refractivity (Wildman–Crippen MR) is 95.2 cm³/mol. The van der Waals surface area contributed by atoms with E-state index in [1.54, 1.807) is 0 Å². The molecule has 1 rings (SSSR count). The highest BCUT2D eigenvalue weighted by Gasteiger charge is 2.34. The van der Waals surface area contributed by atoms with Gasteiger partial charge in [-0.1, -0.05) is 68.9 Å². The lowest BCUT2D eigenvalue weighted by Gasteiger charge is -2.46. The van der Waals surface area contributed by atoms with Gasteiger partial charge in [0.25, 0.3) is 0 Å². The minimum Gasteiger partial charge on any atom is -0.362 e. The fourth-order valence-corrected chi connectivity index (χ4v) is 2.89. The van der Waals surface area contributed by atoms with Crippen LogP contribution in [0.2, 0.25) is 0 Å². The molecule has 116 valence electrons. The summed E-state index contributed by atoms with van der Waals surface area (Å²) in [5.74, 6) is 0.614. The molecule has 0 fully saturated rings. The highest BCUT2D eigenvalue weighted by atomic mass is 15.2.